The molecule has 92 valence electrons. The van der Waals surface area contributed by atoms with Crippen LogP contribution in [0.5, 0.6) is 0 Å². The van der Waals surface area contributed by atoms with E-state index in [1.165, 1.54) is 11.8 Å². The van der Waals surface area contributed by atoms with Crippen molar-refractivity contribution in [3.63, 3.8) is 0 Å². The first-order chi connectivity index (χ1) is 8.09. The van der Waals surface area contributed by atoms with Gasteiger partial charge in [0, 0.05) is 10.2 Å². The molecule has 0 amide bonds. The van der Waals surface area contributed by atoms with E-state index in [9.17, 15) is 0 Å². The maximum absolute atomic E-state index is 7.01. The number of halogens is 1. The lowest BCUT2D eigenvalue weighted by atomic mass is 10.1. The third kappa shape index (κ3) is 5.74. The summed E-state index contributed by atoms with van der Waals surface area (Å²) in [5.74, 6) is 0.631. The van der Waals surface area contributed by atoms with E-state index in [0.717, 1.165) is 15.7 Å². The van der Waals surface area contributed by atoms with Crippen molar-refractivity contribution in [3.05, 3.63) is 34.3 Å². The molecule has 0 atom stereocenters. The molecule has 0 bridgehead atoms. The van der Waals surface area contributed by atoms with Crippen LogP contribution in [-0.2, 0) is 4.84 Å². The van der Waals surface area contributed by atoms with Crippen LogP contribution in [0.25, 0.3) is 0 Å². The zero-order chi connectivity index (χ0) is 12.7. The maximum Gasteiger partial charge on any atom is 0.151 e. The normalized spacial score (nSPS) is 11.3. The van der Waals surface area contributed by atoms with Crippen molar-refractivity contribution in [2.45, 2.75) is 6.92 Å². The Morgan fingerprint density at radius 3 is 2.71 bits per heavy atom. The van der Waals surface area contributed by atoms with E-state index in [-0.39, 0.29) is 5.17 Å². The Kier molecular flexibility index (Phi) is 6.07. The molecular weight excluding hydrogens is 302 g/mol. The van der Waals surface area contributed by atoms with Gasteiger partial charge in [0.25, 0.3) is 0 Å². The van der Waals surface area contributed by atoms with Crippen LogP contribution in [0.2, 0.25) is 0 Å². The van der Waals surface area contributed by atoms with Crippen LogP contribution in [0.3, 0.4) is 0 Å². The summed E-state index contributed by atoms with van der Waals surface area (Å²) in [6.45, 7) is 2.33. The quantitative estimate of drug-likeness (QED) is 0.380. The number of oxime groups is 1. The number of thioether (sulfide) groups is 1. The molecule has 1 aromatic carbocycles. The largest absolute Gasteiger partial charge is 0.395 e. The Morgan fingerprint density at radius 1 is 1.47 bits per heavy atom. The Labute approximate surface area is 113 Å². The maximum atomic E-state index is 7.01. The second-order valence-electron chi connectivity index (χ2n) is 3.23. The predicted molar refractivity (Wildman–Crippen MR) is 76.7 cm³/mol. The molecule has 0 aliphatic heterocycles. The van der Waals surface area contributed by atoms with Crippen LogP contribution in [0.4, 0.5) is 0 Å². The molecule has 0 saturated heterocycles. The van der Waals surface area contributed by atoms with Gasteiger partial charge in [0.1, 0.15) is 6.61 Å². The molecule has 4 nitrogen and oxygen atoms in total. The molecule has 0 aliphatic carbocycles. The lowest BCUT2D eigenvalue weighted by Crippen LogP contribution is -2.06. The van der Waals surface area contributed by atoms with E-state index in [2.05, 4.69) is 21.1 Å². The number of nitrogens with two attached hydrogens (primary N) is 1. The van der Waals surface area contributed by atoms with Crippen LogP contribution >= 0.6 is 27.7 Å². The third-order valence-corrected chi connectivity index (χ3v) is 3.11. The molecule has 6 heteroatoms. The van der Waals surface area contributed by atoms with E-state index in [0.29, 0.717) is 12.4 Å². The topological polar surface area (TPSA) is 71.5 Å². The summed E-state index contributed by atoms with van der Waals surface area (Å²) in [5, 5.41) is 11.1. The second-order valence-corrected chi connectivity index (χ2v) is 5.28. The zero-order valence-corrected chi connectivity index (χ0v) is 11.8. The van der Waals surface area contributed by atoms with Crippen molar-refractivity contribution in [1.29, 1.82) is 5.41 Å². The molecule has 0 aromatic heterocycles. The van der Waals surface area contributed by atoms with Gasteiger partial charge in [-0.1, -0.05) is 45.0 Å². The Bertz CT molecular complexity index is 406. The summed E-state index contributed by atoms with van der Waals surface area (Å²) in [5.41, 5.74) is 7.04. The van der Waals surface area contributed by atoms with E-state index in [4.69, 9.17) is 16.0 Å². The van der Waals surface area contributed by atoms with Crippen LogP contribution in [0.1, 0.15) is 12.5 Å². The molecule has 0 spiro atoms. The van der Waals surface area contributed by atoms with Crippen LogP contribution in [-0.4, -0.2) is 23.2 Å². The number of amidine groups is 1. The highest BCUT2D eigenvalue weighted by Crippen LogP contribution is 2.11. The summed E-state index contributed by atoms with van der Waals surface area (Å²) in [7, 11) is 0. The predicted octanol–water partition coefficient (Wildman–Crippen LogP) is 2.82. The van der Waals surface area contributed by atoms with Crippen LogP contribution < -0.4 is 5.73 Å². The fourth-order valence-corrected chi connectivity index (χ4v) is 1.72. The van der Waals surface area contributed by atoms with Crippen molar-refractivity contribution in [3.8, 4) is 0 Å². The molecule has 1 aromatic rings. The smallest absolute Gasteiger partial charge is 0.151 e. The van der Waals surface area contributed by atoms with Gasteiger partial charge in [-0.2, -0.15) is 0 Å². The molecule has 17 heavy (non-hydrogen) atoms. The van der Waals surface area contributed by atoms with Crippen molar-refractivity contribution in [2.24, 2.45) is 10.9 Å². The lowest BCUT2D eigenvalue weighted by molar-refractivity contribution is 0.161. The standard InChI is InChI=1S/C11H14BrN3OS/c1-8(9-2-4-10(12)5-3-9)15-16-6-7-17-11(13)14/h2-5H,6-7H2,1H3,(H3,13,14). The van der Waals surface area contributed by atoms with E-state index in [1.807, 2.05) is 31.2 Å². The van der Waals surface area contributed by atoms with Crippen molar-refractivity contribution in [2.75, 3.05) is 12.4 Å². The molecule has 0 radical (unpaired) electrons. The minimum absolute atomic E-state index is 0.0993. The Balaban J connectivity index is 2.39. The molecule has 0 aliphatic rings. The average Bonchev–Trinajstić information content (AvgIpc) is 2.29. The summed E-state index contributed by atoms with van der Waals surface area (Å²) in [4.78, 5) is 5.13. The highest BCUT2D eigenvalue weighted by atomic mass is 79.9. The van der Waals surface area contributed by atoms with Gasteiger partial charge in [0.2, 0.25) is 0 Å². The van der Waals surface area contributed by atoms with E-state index in [1.54, 1.807) is 0 Å². The first kappa shape index (κ1) is 14.1. The number of nitrogens with zero attached hydrogens (tertiary/aromatic N) is 1. The van der Waals surface area contributed by atoms with Gasteiger partial charge < -0.3 is 10.6 Å². The Hall–Kier alpha value is -1.01. The van der Waals surface area contributed by atoms with Crippen LogP contribution in [0, 0.1) is 5.41 Å². The SMILES string of the molecule is CC(=NOCCSC(=N)N)c1ccc(Br)cc1. The summed E-state index contributed by atoms with van der Waals surface area (Å²) in [6.07, 6.45) is 0. The summed E-state index contributed by atoms with van der Waals surface area (Å²) < 4.78 is 1.04. The Morgan fingerprint density at radius 2 is 2.12 bits per heavy atom. The first-order valence-corrected chi connectivity index (χ1v) is 6.77. The number of hydrogen-bond acceptors (Lipinski definition) is 4. The minimum Gasteiger partial charge on any atom is -0.395 e. The monoisotopic (exact) mass is 315 g/mol. The highest BCUT2D eigenvalue weighted by molar-refractivity contribution is 9.10. The average molecular weight is 316 g/mol. The molecule has 0 fully saturated rings. The number of nitrogens with one attached hydrogen (secondary N) is 1. The van der Waals surface area contributed by atoms with Gasteiger partial charge in [-0.05, 0) is 24.6 Å². The summed E-state index contributed by atoms with van der Waals surface area (Å²) >= 11 is 4.62. The van der Waals surface area contributed by atoms with Gasteiger partial charge in [-0.3, -0.25) is 5.41 Å². The van der Waals surface area contributed by atoms with Gasteiger partial charge in [0.15, 0.2) is 5.17 Å². The van der Waals surface area contributed by atoms with Gasteiger partial charge >= 0.3 is 0 Å². The zero-order valence-electron chi connectivity index (χ0n) is 9.44. The van der Waals surface area contributed by atoms with Gasteiger partial charge in [0.05, 0.1) is 5.71 Å². The summed E-state index contributed by atoms with van der Waals surface area (Å²) in [6, 6.07) is 7.85. The highest BCUT2D eigenvalue weighted by Gasteiger charge is 1.98. The van der Waals surface area contributed by atoms with Crippen molar-refractivity contribution in [1.82, 2.24) is 0 Å². The lowest BCUT2D eigenvalue weighted by Gasteiger charge is -2.02. The minimum atomic E-state index is 0.0993. The number of hydrogen-bond donors (Lipinski definition) is 2. The van der Waals surface area contributed by atoms with Gasteiger partial charge in [-0.25, -0.2) is 0 Å². The second kappa shape index (κ2) is 7.34. The van der Waals surface area contributed by atoms with Crippen LogP contribution in [0.15, 0.2) is 33.9 Å². The molecule has 3 N–H and O–H groups in total. The first-order valence-electron chi connectivity index (χ1n) is 4.99. The fraction of sp³-hybridized carbons (Fsp3) is 0.273. The van der Waals surface area contributed by atoms with Crippen molar-refractivity contribution >= 4 is 38.6 Å². The number of benzene rings is 1. The number of rotatable bonds is 5. The fourth-order valence-electron chi connectivity index (χ4n) is 1.08. The molecule has 1 rings (SSSR count). The van der Waals surface area contributed by atoms with E-state index < -0.39 is 0 Å². The molecular formula is C11H14BrN3OS. The molecule has 0 unspecified atom stereocenters. The third-order valence-electron chi connectivity index (χ3n) is 1.90. The molecule has 0 heterocycles. The van der Waals surface area contributed by atoms with Gasteiger partial charge in [-0.15, -0.1) is 0 Å². The van der Waals surface area contributed by atoms with Crippen molar-refractivity contribution < 1.29 is 4.84 Å². The van der Waals surface area contributed by atoms with E-state index >= 15 is 0 Å². The molecule has 0 saturated carbocycles.